The first kappa shape index (κ1) is 14.2. The van der Waals surface area contributed by atoms with E-state index in [0.29, 0.717) is 15.7 Å². The normalized spacial score (nSPS) is 15.7. The zero-order chi connectivity index (χ0) is 14.0. The summed E-state index contributed by atoms with van der Waals surface area (Å²) in [6.45, 7) is 1.51. The van der Waals surface area contributed by atoms with Gasteiger partial charge in [-0.15, -0.1) is 0 Å². The second-order valence-electron chi connectivity index (χ2n) is 4.44. The zero-order valence-electron chi connectivity index (χ0n) is 10.3. The van der Waals surface area contributed by atoms with E-state index < -0.39 is 12.0 Å². The van der Waals surface area contributed by atoms with Crippen LogP contribution in [0.15, 0.2) is 18.2 Å². The fraction of sp³-hybridized carbons (Fsp3) is 0.385. The molecule has 1 atom stereocenters. The van der Waals surface area contributed by atoms with E-state index in [2.05, 4.69) is 5.32 Å². The molecule has 0 unspecified atom stereocenters. The molecule has 19 heavy (non-hydrogen) atoms. The number of carbonyl (C=O) groups is 2. The maximum absolute atomic E-state index is 11.9. The van der Waals surface area contributed by atoms with Gasteiger partial charge in [0.1, 0.15) is 0 Å². The first-order chi connectivity index (χ1) is 8.99. The summed E-state index contributed by atoms with van der Waals surface area (Å²) in [6.07, 6.45) is 0.799. The lowest BCUT2D eigenvalue weighted by molar-refractivity contribution is -0.154. The molecule has 6 heteroatoms. The van der Waals surface area contributed by atoms with E-state index >= 15 is 0 Å². The van der Waals surface area contributed by atoms with Gasteiger partial charge in [0.25, 0.3) is 5.91 Å². The van der Waals surface area contributed by atoms with E-state index in [1.165, 1.54) is 6.92 Å². The lowest BCUT2D eigenvalue weighted by Crippen LogP contribution is -2.30. The van der Waals surface area contributed by atoms with Crippen LogP contribution in [-0.4, -0.2) is 18.0 Å². The van der Waals surface area contributed by atoms with E-state index in [1.54, 1.807) is 18.2 Å². The van der Waals surface area contributed by atoms with Crippen molar-refractivity contribution in [3.8, 4) is 0 Å². The molecular formula is C13H13Cl2NO3. The zero-order valence-corrected chi connectivity index (χ0v) is 11.8. The van der Waals surface area contributed by atoms with Crippen molar-refractivity contribution in [1.29, 1.82) is 0 Å². The standard InChI is InChI=1S/C13H13Cl2NO3/c1-7(19-13(18)8-5-6-8)12(17)16-11-9(14)3-2-4-10(11)15/h2-4,7-8H,5-6H2,1H3,(H,16,17)/t7-/m1/s1. The van der Waals surface area contributed by atoms with Crippen LogP contribution in [0.3, 0.4) is 0 Å². The molecule has 1 aromatic carbocycles. The molecule has 0 heterocycles. The Kier molecular flexibility index (Phi) is 4.32. The average Bonchev–Trinajstić information content (AvgIpc) is 3.17. The Morgan fingerprint density at radius 3 is 2.42 bits per heavy atom. The highest BCUT2D eigenvalue weighted by molar-refractivity contribution is 6.39. The van der Waals surface area contributed by atoms with Crippen LogP contribution in [0.1, 0.15) is 19.8 Å². The van der Waals surface area contributed by atoms with Crippen molar-refractivity contribution in [2.45, 2.75) is 25.9 Å². The van der Waals surface area contributed by atoms with Crippen LogP contribution in [0.2, 0.25) is 10.0 Å². The number of carbonyl (C=O) groups excluding carboxylic acids is 2. The number of halogens is 2. The van der Waals surface area contributed by atoms with Gasteiger partial charge in [-0.1, -0.05) is 29.3 Å². The van der Waals surface area contributed by atoms with Gasteiger partial charge in [-0.25, -0.2) is 0 Å². The molecule has 0 bridgehead atoms. The molecule has 0 aromatic heterocycles. The summed E-state index contributed by atoms with van der Waals surface area (Å²) in [5.74, 6) is -0.823. The highest BCUT2D eigenvalue weighted by Gasteiger charge is 2.33. The van der Waals surface area contributed by atoms with E-state index in [-0.39, 0.29) is 11.9 Å². The number of amides is 1. The molecule has 1 aromatic rings. The molecule has 1 aliphatic carbocycles. The number of para-hydroxylation sites is 1. The van der Waals surface area contributed by atoms with E-state index in [1.807, 2.05) is 0 Å². The second-order valence-corrected chi connectivity index (χ2v) is 5.25. The van der Waals surface area contributed by atoms with Gasteiger partial charge in [0, 0.05) is 0 Å². The van der Waals surface area contributed by atoms with Crippen LogP contribution in [-0.2, 0) is 14.3 Å². The quantitative estimate of drug-likeness (QED) is 0.868. The molecule has 2 rings (SSSR count). The van der Waals surface area contributed by atoms with Crippen LogP contribution in [0, 0.1) is 5.92 Å². The first-order valence-electron chi connectivity index (χ1n) is 5.94. The van der Waals surface area contributed by atoms with Crippen LogP contribution in [0.25, 0.3) is 0 Å². The summed E-state index contributed by atoms with van der Waals surface area (Å²) in [5.41, 5.74) is 0.324. The van der Waals surface area contributed by atoms with Gasteiger partial charge in [-0.05, 0) is 31.9 Å². The summed E-state index contributed by atoms with van der Waals surface area (Å²) < 4.78 is 5.05. The highest BCUT2D eigenvalue weighted by atomic mass is 35.5. The van der Waals surface area contributed by atoms with E-state index in [9.17, 15) is 9.59 Å². The fourth-order valence-electron chi connectivity index (χ4n) is 1.49. The lowest BCUT2D eigenvalue weighted by Gasteiger charge is -2.14. The number of nitrogens with one attached hydrogen (secondary N) is 1. The largest absolute Gasteiger partial charge is 0.452 e. The van der Waals surface area contributed by atoms with Crippen molar-refractivity contribution in [3.63, 3.8) is 0 Å². The first-order valence-corrected chi connectivity index (χ1v) is 6.70. The van der Waals surface area contributed by atoms with Crippen LogP contribution in [0.5, 0.6) is 0 Å². The number of rotatable bonds is 4. The number of ether oxygens (including phenoxy) is 1. The van der Waals surface area contributed by atoms with E-state index in [4.69, 9.17) is 27.9 Å². The minimum Gasteiger partial charge on any atom is -0.452 e. The van der Waals surface area contributed by atoms with Crippen molar-refractivity contribution in [2.24, 2.45) is 5.92 Å². The Balaban J connectivity index is 1.98. The molecule has 1 N–H and O–H groups in total. The molecule has 0 spiro atoms. The number of hydrogen-bond acceptors (Lipinski definition) is 3. The summed E-state index contributed by atoms with van der Waals surface area (Å²) in [7, 11) is 0. The molecule has 102 valence electrons. The van der Waals surface area contributed by atoms with Gasteiger partial charge in [0.05, 0.1) is 21.7 Å². The van der Waals surface area contributed by atoms with E-state index in [0.717, 1.165) is 12.8 Å². The van der Waals surface area contributed by atoms with Crippen LogP contribution in [0.4, 0.5) is 5.69 Å². The monoisotopic (exact) mass is 301 g/mol. The number of esters is 1. The van der Waals surface area contributed by atoms with Crippen molar-refractivity contribution in [1.82, 2.24) is 0 Å². The van der Waals surface area contributed by atoms with Gasteiger partial charge in [-0.3, -0.25) is 9.59 Å². The molecule has 1 aliphatic rings. The van der Waals surface area contributed by atoms with Gasteiger partial charge >= 0.3 is 5.97 Å². The van der Waals surface area contributed by atoms with Crippen molar-refractivity contribution in [2.75, 3.05) is 5.32 Å². The third kappa shape index (κ3) is 3.61. The average molecular weight is 302 g/mol. The number of hydrogen-bond donors (Lipinski definition) is 1. The molecular weight excluding hydrogens is 289 g/mol. The third-order valence-electron chi connectivity index (χ3n) is 2.78. The molecule has 1 amide bonds. The molecule has 1 fully saturated rings. The number of anilines is 1. The van der Waals surface area contributed by atoms with Crippen molar-refractivity contribution < 1.29 is 14.3 Å². The maximum Gasteiger partial charge on any atom is 0.309 e. The Morgan fingerprint density at radius 2 is 1.89 bits per heavy atom. The Labute approximate surface area is 121 Å². The topological polar surface area (TPSA) is 55.4 Å². The van der Waals surface area contributed by atoms with Crippen LogP contribution < -0.4 is 5.32 Å². The smallest absolute Gasteiger partial charge is 0.309 e. The summed E-state index contributed by atoms with van der Waals surface area (Å²) >= 11 is 11.9. The van der Waals surface area contributed by atoms with Crippen LogP contribution >= 0.6 is 23.2 Å². The molecule has 0 saturated heterocycles. The van der Waals surface area contributed by atoms with Gasteiger partial charge in [0.15, 0.2) is 6.10 Å². The summed E-state index contributed by atoms with van der Waals surface area (Å²) in [6, 6.07) is 4.91. The Morgan fingerprint density at radius 1 is 1.32 bits per heavy atom. The predicted molar refractivity (Wildman–Crippen MR) is 73.4 cm³/mol. The van der Waals surface area contributed by atoms with Gasteiger partial charge < -0.3 is 10.1 Å². The van der Waals surface area contributed by atoms with Gasteiger partial charge in [-0.2, -0.15) is 0 Å². The lowest BCUT2D eigenvalue weighted by atomic mass is 10.3. The Bertz CT molecular complexity index is 494. The summed E-state index contributed by atoms with van der Waals surface area (Å²) in [5, 5.41) is 3.23. The minimum atomic E-state index is -0.875. The molecule has 4 nitrogen and oxygen atoms in total. The summed E-state index contributed by atoms with van der Waals surface area (Å²) in [4.78, 5) is 23.3. The third-order valence-corrected chi connectivity index (χ3v) is 3.41. The minimum absolute atomic E-state index is 0.0425. The Hall–Kier alpha value is -1.26. The molecule has 1 saturated carbocycles. The second kappa shape index (κ2) is 5.80. The van der Waals surface area contributed by atoms with Crippen molar-refractivity contribution in [3.05, 3.63) is 28.2 Å². The SMILES string of the molecule is C[C@@H](OC(=O)C1CC1)C(=O)Nc1c(Cl)cccc1Cl. The number of benzene rings is 1. The highest BCUT2D eigenvalue weighted by Crippen LogP contribution is 2.31. The predicted octanol–water partition coefficient (Wildman–Crippen LogP) is 3.27. The van der Waals surface area contributed by atoms with Gasteiger partial charge in [0.2, 0.25) is 0 Å². The molecule has 0 aliphatic heterocycles. The maximum atomic E-state index is 11.9. The molecule has 0 radical (unpaired) electrons. The van der Waals surface area contributed by atoms with Crippen molar-refractivity contribution >= 4 is 40.8 Å². The fourth-order valence-corrected chi connectivity index (χ4v) is 1.98.